The van der Waals surface area contributed by atoms with Gasteiger partial charge in [-0.1, -0.05) is 136 Å². The van der Waals surface area contributed by atoms with Gasteiger partial charge < -0.3 is 17.8 Å². The molecule has 2 aromatic carbocycles. The molecule has 0 heterocycles. The van der Waals surface area contributed by atoms with Gasteiger partial charge in [0.25, 0.3) is 0 Å². The van der Waals surface area contributed by atoms with E-state index < -0.39 is 32.1 Å². The van der Waals surface area contributed by atoms with Crippen molar-refractivity contribution in [2.24, 2.45) is 0 Å². The van der Waals surface area contributed by atoms with E-state index in [2.05, 4.69) is 108 Å². The lowest BCUT2D eigenvalue weighted by Crippen LogP contribution is -2.60. The second-order valence-electron chi connectivity index (χ2n) is 18.1. The third-order valence-electron chi connectivity index (χ3n) is 11.5. The van der Waals surface area contributed by atoms with Gasteiger partial charge >= 0.3 is 0 Å². The molecule has 3 rings (SSSR count). The van der Waals surface area contributed by atoms with E-state index in [-0.39, 0.29) is 33.4 Å². The van der Waals surface area contributed by atoms with Crippen molar-refractivity contribution in [3.8, 4) is 0 Å². The predicted octanol–water partition coefficient (Wildman–Crippen LogP) is 11.1. The Balaban J connectivity index is 2.22. The minimum atomic E-state index is -2.97. The first kappa shape index (κ1) is 40.1. The average Bonchev–Trinajstić information content (AvgIpc) is 2.94. The maximum absolute atomic E-state index is 15.1. The van der Waals surface area contributed by atoms with Gasteiger partial charge in [0.2, 0.25) is 0 Å². The van der Waals surface area contributed by atoms with E-state index in [9.17, 15) is 0 Å². The number of rotatable bonds is 10. The van der Waals surface area contributed by atoms with Crippen LogP contribution in [0.5, 0.6) is 0 Å². The van der Waals surface area contributed by atoms with Crippen LogP contribution in [0.4, 0.5) is 0 Å². The van der Waals surface area contributed by atoms with Crippen LogP contribution in [0.3, 0.4) is 0 Å². The van der Waals surface area contributed by atoms with Crippen LogP contribution in [0.15, 0.2) is 84.5 Å². The summed E-state index contributed by atoms with van der Waals surface area (Å²) < 4.78 is 37.1. The topological polar surface area (TPSA) is 44.8 Å². The lowest BCUT2D eigenvalue weighted by atomic mass is 9.84. The summed E-state index contributed by atoms with van der Waals surface area (Å²) in [5.41, 5.74) is 2.03. The normalized spacial score (nSPS) is 21.7. The number of hydrogen-bond donors (Lipinski definition) is 0. The predicted molar refractivity (Wildman–Crippen MR) is 213 cm³/mol. The Bertz CT molecular complexity index is 1400. The summed E-state index contributed by atoms with van der Waals surface area (Å²) in [5, 5.41) is 1.78. The van der Waals surface area contributed by atoms with Gasteiger partial charge in [0.05, 0.1) is 18.3 Å². The number of hydrogen-bond acceptors (Lipinski definition) is 4. The molecule has 3 atom stereocenters. The number of allylic oxidation sites excluding steroid dienone is 1. The van der Waals surface area contributed by atoms with Crippen molar-refractivity contribution in [3.63, 3.8) is 0 Å². The molecule has 0 spiro atoms. The van der Waals surface area contributed by atoms with Gasteiger partial charge in [-0.15, -0.1) is 0 Å². The maximum Gasteiger partial charge on any atom is 0.193 e. The Labute approximate surface area is 291 Å². The first-order chi connectivity index (χ1) is 21.2. The van der Waals surface area contributed by atoms with Crippen LogP contribution >= 0.6 is 7.14 Å². The quantitative estimate of drug-likeness (QED) is 0.182. The molecule has 0 radical (unpaired) electrons. The van der Waals surface area contributed by atoms with Crippen LogP contribution in [-0.4, -0.2) is 49.4 Å². The number of benzene rings is 2. The third kappa shape index (κ3) is 9.08. The molecule has 0 amide bonds. The molecule has 0 bridgehead atoms. The van der Waals surface area contributed by atoms with Gasteiger partial charge in [0.15, 0.2) is 25.0 Å². The van der Waals surface area contributed by atoms with Crippen LogP contribution in [0.2, 0.25) is 54.4 Å². The second-order valence-corrected chi connectivity index (χ2v) is 35.3. The van der Waals surface area contributed by atoms with Crippen LogP contribution in [0.1, 0.15) is 68.7 Å². The van der Waals surface area contributed by atoms with Crippen molar-refractivity contribution in [3.05, 3.63) is 84.5 Å². The van der Waals surface area contributed by atoms with Gasteiger partial charge in [0.1, 0.15) is 7.14 Å². The lowest BCUT2D eigenvalue weighted by Gasteiger charge is -2.52. The van der Waals surface area contributed by atoms with Crippen molar-refractivity contribution in [2.45, 2.75) is 141 Å². The molecule has 0 unspecified atom stereocenters. The SMILES string of the molecule is C=C1/C(=C\CP(=O)(c2ccccc2)c2ccccc2)C[C@@H](O[Si](C)(C)C(C)(C)C)[C@@H](O[Si](C)(C)C(C)(C)C)[C@@H]1O[Si](C)(C)C(C)(C)C. The van der Waals surface area contributed by atoms with E-state index in [0.717, 1.165) is 21.8 Å². The summed E-state index contributed by atoms with van der Waals surface area (Å²) in [4.78, 5) is 0. The van der Waals surface area contributed by atoms with Crippen molar-refractivity contribution in [1.82, 2.24) is 0 Å². The van der Waals surface area contributed by atoms with Crippen LogP contribution in [0, 0.1) is 0 Å². The molecule has 1 aliphatic rings. The molecule has 0 aliphatic heterocycles. The average molecular weight is 713 g/mol. The van der Waals surface area contributed by atoms with Crippen molar-refractivity contribution in [1.29, 1.82) is 0 Å². The molecule has 0 N–H and O–H groups in total. The van der Waals surface area contributed by atoms with Crippen molar-refractivity contribution < 1.29 is 17.8 Å². The van der Waals surface area contributed by atoms with Crippen molar-refractivity contribution in [2.75, 3.05) is 6.16 Å². The van der Waals surface area contributed by atoms with Gasteiger partial charge in [-0.3, -0.25) is 0 Å². The highest BCUT2D eigenvalue weighted by Crippen LogP contribution is 2.49. The summed E-state index contributed by atoms with van der Waals surface area (Å²) in [6, 6.07) is 19.9. The van der Waals surface area contributed by atoms with Gasteiger partial charge in [-0.2, -0.15) is 0 Å². The molecule has 2 aromatic rings. The zero-order chi connectivity index (χ0) is 35.9. The fourth-order valence-corrected chi connectivity index (χ4v) is 11.5. The van der Waals surface area contributed by atoms with E-state index >= 15 is 4.57 Å². The molecule has 1 aliphatic carbocycles. The van der Waals surface area contributed by atoms with Crippen LogP contribution in [0.25, 0.3) is 0 Å². The summed E-state index contributed by atoms with van der Waals surface area (Å²) >= 11 is 0. The highest BCUT2D eigenvalue weighted by atomic mass is 31.2. The van der Waals surface area contributed by atoms with Crippen molar-refractivity contribution >= 4 is 42.7 Å². The van der Waals surface area contributed by atoms with Gasteiger partial charge in [-0.05, 0) is 65.5 Å². The largest absolute Gasteiger partial charge is 0.411 e. The standard InChI is InChI=1S/C39H65O4PSi3/c1-30-31(27-28-44(40,32-23-19-17-20-24-32)33-25-21-18-22-26-33)29-34(41-45(11,12)37(2,3)4)36(43-47(15,16)39(8,9)10)35(30)42-46(13,14)38(5,6)7/h17-27,34-36H,1,28-29H2,2-16H3/b31-27-/t34-,35-,36-/m1/s1. The molecule has 8 heteroatoms. The first-order valence-electron chi connectivity index (χ1n) is 17.4. The minimum Gasteiger partial charge on any atom is -0.411 e. The molecule has 1 fully saturated rings. The zero-order valence-electron chi connectivity index (χ0n) is 32.3. The van der Waals surface area contributed by atoms with E-state index in [1.165, 1.54) is 0 Å². The third-order valence-corrected chi connectivity index (χ3v) is 27.9. The molecule has 0 aromatic heterocycles. The summed E-state index contributed by atoms with van der Waals surface area (Å²) in [6.07, 6.45) is 2.42. The maximum atomic E-state index is 15.1. The van der Waals surface area contributed by atoms with Crippen LogP contribution in [-0.2, 0) is 17.8 Å². The highest BCUT2D eigenvalue weighted by Gasteiger charge is 2.52. The molecule has 0 saturated heterocycles. The zero-order valence-corrected chi connectivity index (χ0v) is 36.2. The first-order valence-corrected chi connectivity index (χ1v) is 28.0. The smallest absolute Gasteiger partial charge is 0.193 e. The van der Waals surface area contributed by atoms with E-state index in [1.807, 2.05) is 60.7 Å². The Kier molecular flexibility index (Phi) is 12.1. The monoisotopic (exact) mass is 712 g/mol. The van der Waals surface area contributed by atoms with E-state index in [1.54, 1.807) is 0 Å². The Morgan fingerprint density at radius 2 is 1.06 bits per heavy atom. The molecule has 1 saturated carbocycles. The second kappa shape index (κ2) is 14.1. The minimum absolute atomic E-state index is 0.00222. The molecular weight excluding hydrogens is 648 g/mol. The molecule has 262 valence electrons. The summed E-state index contributed by atoms with van der Waals surface area (Å²) in [6.45, 7) is 39.3. The summed E-state index contributed by atoms with van der Waals surface area (Å²) in [5.74, 6) is 0. The molecule has 47 heavy (non-hydrogen) atoms. The van der Waals surface area contributed by atoms with E-state index in [0.29, 0.717) is 12.6 Å². The highest BCUT2D eigenvalue weighted by molar-refractivity contribution is 7.78. The van der Waals surface area contributed by atoms with Gasteiger partial charge in [0, 0.05) is 23.2 Å². The Hall–Kier alpha value is -1.32. The fraction of sp³-hybridized carbons (Fsp3) is 0.590. The molecule has 4 nitrogen and oxygen atoms in total. The van der Waals surface area contributed by atoms with Gasteiger partial charge in [-0.25, -0.2) is 0 Å². The van der Waals surface area contributed by atoms with Crippen LogP contribution < -0.4 is 10.6 Å². The lowest BCUT2D eigenvalue weighted by molar-refractivity contribution is -0.0345. The van der Waals surface area contributed by atoms with E-state index in [4.69, 9.17) is 19.9 Å². The fourth-order valence-electron chi connectivity index (χ4n) is 5.14. The summed E-state index contributed by atoms with van der Waals surface area (Å²) in [7, 11) is -9.70. The Morgan fingerprint density at radius 3 is 1.47 bits per heavy atom. The molecular formula is C39H65O4PSi3. The Morgan fingerprint density at radius 1 is 0.681 bits per heavy atom.